The molecule has 0 saturated heterocycles. The van der Waals surface area contributed by atoms with Crippen LogP contribution in [-0.2, 0) is 10.0 Å². The van der Waals surface area contributed by atoms with Crippen LogP contribution >= 0.6 is 0 Å². The smallest absolute Gasteiger partial charge is 0.257 e. The number of sulfonamides is 1. The van der Waals surface area contributed by atoms with Crippen LogP contribution in [-0.4, -0.2) is 24.9 Å². The maximum Gasteiger partial charge on any atom is 0.257 e. The predicted octanol–water partition coefficient (Wildman–Crippen LogP) is 1.90. The van der Waals surface area contributed by atoms with Crippen LogP contribution < -0.4 is 4.72 Å². The molecule has 1 heterocycles. The molecule has 1 aliphatic rings. The monoisotopic (exact) mass is 271 g/mol. The Morgan fingerprint density at radius 2 is 2.00 bits per heavy atom. The molecule has 1 aromatic rings. The zero-order valence-corrected chi connectivity index (χ0v) is 11.5. The molecule has 0 atom stereocenters. The molecule has 102 valence electrons. The third-order valence-corrected chi connectivity index (χ3v) is 5.22. The highest BCUT2D eigenvalue weighted by molar-refractivity contribution is 7.89. The molecule has 0 spiro atoms. The SMILES string of the molecule is CCC1CCC(CNS(=O)(=O)c2cnc[nH]2)CC1. The van der Waals surface area contributed by atoms with Gasteiger partial charge in [-0.2, -0.15) is 0 Å². The van der Waals surface area contributed by atoms with Gasteiger partial charge in [0.1, 0.15) is 0 Å². The highest BCUT2D eigenvalue weighted by Gasteiger charge is 2.22. The van der Waals surface area contributed by atoms with Gasteiger partial charge < -0.3 is 4.98 Å². The number of rotatable bonds is 5. The summed E-state index contributed by atoms with van der Waals surface area (Å²) >= 11 is 0. The van der Waals surface area contributed by atoms with Crippen molar-refractivity contribution in [2.45, 2.75) is 44.1 Å². The summed E-state index contributed by atoms with van der Waals surface area (Å²) in [5.41, 5.74) is 0. The molecule has 1 saturated carbocycles. The molecule has 0 radical (unpaired) electrons. The highest BCUT2D eigenvalue weighted by Crippen LogP contribution is 2.30. The van der Waals surface area contributed by atoms with E-state index in [-0.39, 0.29) is 5.03 Å². The molecular weight excluding hydrogens is 250 g/mol. The van der Waals surface area contributed by atoms with Crippen LogP contribution in [0.15, 0.2) is 17.6 Å². The van der Waals surface area contributed by atoms with E-state index < -0.39 is 10.0 Å². The molecule has 1 aliphatic carbocycles. The topological polar surface area (TPSA) is 74.8 Å². The van der Waals surface area contributed by atoms with Crippen LogP contribution in [0.4, 0.5) is 0 Å². The van der Waals surface area contributed by atoms with Gasteiger partial charge in [0.25, 0.3) is 10.0 Å². The summed E-state index contributed by atoms with van der Waals surface area (Å²) in [4.78, 5) is 6.35. The number of H-pyrrole nitrogens is 1. The maximum atomic E-state index is 11.9. The number of nitrogens with one attached hydrogen (secondary N) is 2. The lowest BCUT2D eigenvalue weighted by molar-refractivity contribution is 0.270. The van der Waals surface area contributed by atoms with Gasteiger partial charge >= 0.3 is 0 Å². The maximum absolute atomic E-state index is 11.9. The first kappa shape index (κ1) is 13.5. The zero-order valence-electron chi connectivity index (χ0n) is 10.7. The standard InChI is InChI=1S/C12H21N3O2S/c1-2-10-3-5-11(6-4-10)7-15-18(16,17)12-8-13-9-14-12/h8-11,15H,2-7H2,1H3,(H,13,14). The largest absolute Gasteiger partial charge is 0.335 e. The van der Waals surface area contributed by atoms with Crippen molar-refractivity contribution in [2.75, 3.05) is 6.54 Å². The summed E-state index contributed by atoms with van der Waals surface area (Å²) in [5.74, 6) is 1.32. The van der Waals surface area contributed by atoms with E-state index in [1.165, 1.54) is 31.8 Å². The van der Waals surface area contributed by atoms with Crippen LogP contribution in [0.25, 0.3) is 0 Å². The average Bonchev–Trinajstić information content (AvgIpc) is 2.92. The van der Waals surface area contributed by atoms with Gasteiger partial charge in [0, 0.05) is 6.54 Å². The van der Waals surface area contributed by atoms with Crippen LogP contribution in [0.5, 0.6) is 0 Å². The Morgan fingerprint density at radius 3 is 2.56 bits per heavy atom. The Morgan fingerprint density at radius 1 is 1.33 bits per heavy atom. The summed E-state index contributed by atoms with van der Waals surface area (Å²) in [7, 11) is -3.40. The van der Waals surface area contributed by atoms with Gasteiger partial charge in [-0.3, -0.25) is 0 Å². The fraction of sp³-hybridized carbons (Fsp3) is 0.750. The van der Waals surface area contributed by atoms with Crippen molar-refractivity contribution in [3.8, 4) is 0 Å². The van der Waals surface area contributed by atoms with Gasteiger partial charge in [-0.15, -0.1) is 0 Å². The van der Waals surface area contributed by atoms with E-state index in [4.69, 9.17) is 0 Å². The third kappa shape index (κ3) is 3.32. The second-order valence-corrected chi connectivity index (χ2v) is 6.80. The average molecular weight is 271 g/mol. The van der Waals surface area contributed by atoms with E-state index in [0.717, 1.165) is 18.8 Å². The minimum atomic E-state index is -3.40. The summed E-state index contributed by atoms with van der Waals surface area (Å²) in [6, 6.07) is 0. The lowest BCUT2D eigenvalue weighted by Crippen LogP contribution is -2.31. The Balaban J connectivity index is 1.82. The van der Waals surface area contributed by atoms with Crippen LogP contribution in [0.2, 0.25) is 0 Å². The predicted molar refractivity (Wildman–Crippen MR) is 69.5 cm³/mol. The molecular formula is C12H21N3O2S. The van der Waals surface area contributed by atoms with Crippen molar-refractivity contribution in [3.05, 3.63) is 12.5 Å². The molecule has 2 N–H and O–H groups in total. The Kier molecular flexibility index (Phi) is 4.40. The third-order valence-electron chi connectivity index (χ3n) is 3.87. The van der Waals surface area contributed by atoms with Crippen molar-refractivity contribution in [1.29, 1.82) is 0 Å². The molecule has 0 bridgehead atoms. The molecule has 1 fully saturated rings. The Labute approximate surface area is 108 Å². The first-order valence-electron chi connectivity index (χ1n) is 6.60. The van der Waals surface area contributed by atoms with Gasteiger partial charge in [-0.05, 0) is 24.7 Å². The number of aromatic amines is 1. The van der Waals surface area contributed by atoms with Crippen molar-refractivity contribution in [3.63, 3.8) is 0 Å². The molecule has 0 aromatic carbocycles. The first-order chi connectivity index (χ1) is 8.62. The van der Waals surface area contributed by atoms with Crippen LogP contribution in [0.3, 0.4) is 0 Å². The van der Waals surface area contributed by atoms with Crippen molar-refractivity contribution in [1.82, 2.24) is 14.7 Å². The minimum absolute atomic E-state index is 0.143. The van der Waals surface area contributed by atoms with Gasteiger partial charge in [-0.25, -0.2) is 18.1 Å². The van der Waals surface area contributed by atoms with Gasteiger partial charge in [0.2, 0.25) is 0 Å². The molecule has 2 rings (SSSR count). The molecule has 18 heavy (non-hydrogen) atoms. The van der Waals surface area contributed by atoms with E-state index in [2.05, 4.69) is 21.6 Å². The number of hydrogen-bond acceptors (Lipinski definition) is 3. The van der Waals surface area contributed by atoms with Crippen molar-refractivity contribution in [2.24, 2.45) is 11.8 Å². The fourth-order valence-corrected chi connectivity index (χ4v) is 3.56. The van der Waals surface area contributed by atoms with E-state index in [0.29, 0.717) is 12.5 Å². The lowest BCUT2D eigenvalue weighted by Gasteiger charge is -2.27. The van der Waals surface area contributed by atoms with Crippen LogP contribution in [0, 0.1) is 11.8 Å². The van der Waals surface area contributed by atoms with E-state index >= 15 is 0 Å². The number of aromatic nitrogens is 2. The molecule has 1 aromatic heterocycles. The van der Waals surface area contributed by atoms with E-state index in [1.807, 2.05) is 0 Å². The molecule has 0 amide bonds. The second-order valence-electron chi connectivity index (χ2n) is 5.06. The number of imidazole rings is 1. The lowest BCUT2D eigenvalue weighted by atomic mass is 9.81. The summed E-state index contributed by atoms with van der Waals surface area (Å²) in [6.07, 6.45) is 8.66. The Bertz CT molecular complexity index is 448. The van der Waals surface area contributed by atoms with Crippen molar-refractivity contribution >= 4 is 10.0 Å². The minimum Gasteiger partial charge on any atom is -0.335 e. The van der Waals surface area contributed by atoms with Gasteiger partial charge in [-0.1, -0.05) is 26.2 Å². The second kappa shape index (κ2) is 5.84. The summed E-state index contributed by atoms with van der Waals surface area (Å²) in [5, 5.41) is 0.143. The van der Waals surface area contributed by atoms with Crippen molar-refractivity contribution < 1.29 is 8.42 Å². The first-order valence-corrected chi connectivity index (χ1v) is 8.08. The van der Waals surface area contributed by atoms with Gasteiger partial charge in [0.15, 0.2) is 5.03 Å². The Hall–Kier alpha value is -0.880. The molecule has 0 aliphatic heterocycles. The fourth-order valence-electron chi connectivity index (χ4n) is 2.54. The van der Waals surface area contributed by atoms with Gasteiger partial charge in [0.05, 0.1) is 12.5 Å². The molecule has 6 heteroatoms. The van der Waals surface area contributed by atoms with E-state index in [1.54, 1.807) is 0 Å². The normalized spacial score (nSPS) is 25.2. The summed E-state index contributed by atoms with van der Waals surface area (Å²) < 4.78 is 26.4. The highest BCUT2D eigenvalue weighted by atomic mass is 32.2. The molecule has 5 nitrogen and oxygen atoms in total. The molecule has 0 unspecified atom stereocenters. The summed E-state index contributed by atoms with van der Waals surface area (Å²) in [6.45, 7) is 2.77. The van der Waals surface area contributed by atoms with Crippen LogP contribution in [0.1, 0.15) is 39.0 Å². The number of hydrogen-bond donors (Lipinski definition) is 2. The quantitative estimate of drug-likeness (QED) is 0.859. The van der Waals surface area contributed by atoms with E-state index in [9.17, 15) is 8.42 Å². The zero-order chi connectivity index (χ0) is 13.0. The number of nitrogens with zero attached hydrogens (tertiary/aromatic N) is 1.